The molecule has 0 saturated heterocycles. The first kappa shape index (κ1) is 18.7. The molecule has 0 radical (unpaired) electrons. The molecule has 2 N–H and O–H groups in total. The van der Waals surface area contributed by atoms with Crippen molar-refractivity contribution in [1.29, 1.82) is 0 Å². The summed E-state index contributed by atoms with van der Waals surface area (Å²) in [4.78, 5) is 16.4. The molecule has 0 atom stereocenters. The molecule has 27 heavy (non-hydrogen) atoms. The number of nitrogens with zero attached hydrogens (tertiary/aromatic N) is 1. The Bertz CT molecular complexity index is 977. The van der Waals surface area contributed by atoms with Crippen molar-refractivity contribution in [3.63, 3.8) is 0 Å². The van der Waals surface area contributed by atoms with Crippen LogP contribution in [0.5, 0.6) is 5.75 Å². The number of pyridine rings is 1. The smallest absolute Gasteiger partial charge is 0.274 e. The average Bonchev–Trinajstić information content (AvgIpc) is 2.65. The van der Waals surface area contributed by atoms with Crippen molar-refractivity contribution in [3.05, 3.63) is 76.8 Å². The Hall–Kier alpha value is -3.12. The van der Waals surface area contributed by atoms with Gasteiger partial charge >= 0.3 is 0 Å². The lowest BCUT2D eigenvalue weighted by Crippen LogP contribution is -2.13. The Morgan fingerprint density at radius 1 is 1.15 bits per heavy atom. The lowest BCUT2D eigenvalue weighted by atomic mass is 10.2. The van der Waals surface area contributed by atoms with Crippen LogP contribution in [0.25, 0.3) is 0 Å². The minimum absolute atomic E-state index is 0.212. The number of hydrogen-bond acceptors (Lipinski definition) is 4. The topological polar surface area (TPSA) is 63.2 Å². The molecule has 0 spiro atoms. The number of carbonyl (C=O) groups excluding carboxylic acids is 1. The second kappa shape index (κ2) is 8.05. The van der Waals surface area contributed by atoms with Gasteiger partial charge in [0.2, 0.25) is 0 Å². The first-order valence-electron chi connectivity index (χ1n) is 8.10. The van der Waals surface area contributed by atoms with Crippen LogP contribution in [-0.2, 0) is 0 Å². The number of hydrogen-bond donors (Lipinski definition) is 2. The van der Waals surface area contributed by atoms with Crippen molar-refractivity contribution in [2.45, 2.75) is 6.92 Å². The maximum Gasteiger partial charge on any atom is 0.274 e. The Labute approximate surface area is 161 Å². The Kier molecular flexibility index (Phi) is 5.57. The summed E-state index contributed by atoms with van der Waals surface area (Å²) in [6.45, 7) is 1.89. The van der Waals surface area contributed by atoms with Gasteiger partial charge < -0.3 is 15.4 Å². The minimum Gasteiger partial charge on any atom is -0.495 e. The summed E-state index contributed by atoms with van der Waals surface area (Å²) < 4.78 is 18.5. The van der Waals surface area contributed by atoms with Gasteiger partial charge in [-0.2, -0.15) is 0 Å². The summed E-state index contributed by atoms with van der Waals surface area (Å²) in [5.41, 5.74) is 2.89. The number of aryl methyl sites for hydroxylation is 1. The van der Waals surface area contributed by atoms with Gasteiger partial charge in [0.25, 0.3) is 5.91 Å². The van der Waals surface area contributed by atoms with Crippen molar-refractivity contribution < 1.29 is 13.9 Å². The highest BCUT2D eigenvalue weighted by Crippen LogP contribution is 2.32. The number of anilines is 3. The van der Waals surface area contributed by atoms with Gasteiger partial charge in [0, 0.05) is 16.8 Å². The normalized spacial score (nSPS) is 10.4. The summed E-state index contributed by atoms with van der Waals surface area (Å²) in [6.07, 6.45) is 1.53. The molecule has 3 aromatic rings. The zero-order valence-electron chi connectivity index (χ0n) is 14.7. The number of carbonyl (C=O) groups is 1. The van der Waals surface area contributed by atoms with Crippen LogP contribution in [0, 0.1) is 12.7 Å². The van der Waals surface area contributed by atoms with E-state index in [1.165, 1.54) is 24.4 Å². The molecule has 0 bridgehead atoms. The summed E-state index contributed by atoms with van der Waals surface area (Å²) in [5.74, 6) is -0.252. The Balaban J connectivity index is 1.74. The van der Waals surface area contributed by atoms with Gasteiger partial charge in [0.05, 0.1) is 24.7 Å². The third-order valence-corrected chi connectivity index (χ3v) is 4.25. The van der Waals surface area contributed by atoms with E-state index >= 15 is 0 Å². The van der Waals surface area contributed by atoms with Crippen LogP contribution in [0.15, 0.2) is 54.7 Å². The van der Waals surface area contributed by atoms with Crippen molar-refractivity contribution in [2.24, 2.45) is 0 Å². The van der Waals surface area contributed by atoms with Crippen LogP contribution in [0.3, 0.4) is 0 Å². The number of aromatic nitrogens is 1. The van der Waals surface area contributed by atoms with Crippen molar-refractivity contribution >= 4 is 34.6 Å². The molecule has 0 unspecified atom stereocenters. The van der Waals surface area contributed by atoms with E-state index in [-0.39, 0.29) is 5.69 Å². The van der Waals surface area contributed by atoms with E-state index < -0.39 is 11.7 Å². The van der Waals surface area contributed by atoms with E-state index in [4.69, 9.17) is 16.3 Å². The van der Waals surface area contributed by atoms with Crippen LogP contribution in [0.1, 0.15) is 16.1 Å². The maximum atomic E-state index is 13.2. The quantitative estimate of drug-likeness (QED) is 0.634. The van der Waals surface area contributed by atoms with E-state index in [0.717, 1.165) is 11.3 Å². The summed E-state index contributed by atoms with van der Waals surface area (Å²) in [6, 6.07) is 12.6. The molecule has 0 saturated carbocycles. The predicted octanol–water partition coefficient (Wildman–Crippen LogP) is 5.19. The van der Waals surface area contributed by atoms with Crippen molar-refractivity contribution in [3.8, 4) is 5.75 Å². The van der Waals surface area contributed by atoms with Gasteiger partial charge in [-0.05, 0) is 48.9 Å². The molecule has 138 valence electrons. The van der Waals surface area contributed by atoms with Crippen molar-refractivity contribution in [1.82, 2.24) is 4.98 Å². The van der Waals surface area contributed by atoms with E-state index in [0.29, 0.717) is 22.1 Å². The second-order valence-electron chi connectivity index (χ2n) is 5.82. The summed E-state index contributed by atoms with van der Waals surface area (Å²) in [5, 5.41) is 6.40. The van der Waals surface area contributed by atoms with Gasteiger partial charge in [-0.15, -0.1) is 0 Å². The molecule has 5 nitrogen and oxygen atoms in total. The number of methoxy groups -OCH3 is 1. The van der Waals surface area contributed by atoms with E-state index in [1.54, 1.807) is 31.4 Å². The lowest BCUT2D eigenvalue weighted by Gasteiger charge is -2.13. The molecule has 0 aliphatic rings. The number of nitrogens with one attached hydrogen (secondary N) is 2. The fourth-order valence-corrected chi connectivity index (χ4v) is 2.60. The van der Waals surface area contributed by atoms with E-state index in [9.17, 15) is 9.18 Å². The number of ether oxygens (including phenoxy) is 1. The van der Waals surface area contributed by atoms with Crippen LogP contribution in [0.2, 0.25) is 5.02 Å². The largest absolute Gasteiger partial charge is 0.495 e. The first-order chi connectivity index (χ1) is 13.0. The molecule has 1 heterocycles. The molecule has 2 aromatic carbocycles. The van der Waals surface area contributed by atoms with E-state index in [1.807, 2.05) is 13.0 Å². The van der Waals surface area contributed by atoms with Crippen LogP contribution < -0.4 is 15.4 Å². The van der Waals surface area contributed by atoms with Crippen LogP contribution in [-0.4, -0.2) is 18.0 Å². The zero-order chi connectivity index (χ0) is 19.4. The monoisotopic (exact) mass is 385 g/mol. The average molecular weight is 386 g/mol. The summed E-state index contributed by atoms with van der Waals surface area (Å²) >= 11 is 6.11. The molecule has 1 aromatic heterocycles. The zero-order valence-corrected chi connectivity index (χ0v) is 15.5. The van der Waals surface area contributed by atoms with Crippen LogP contribution in [0.4, 0.5) is 21.5 Å². The second-order valence-corrected chi connectivity index (χ2v) is 6.23. The number of amides is 1. The highest BCUT2D eigenvalue weighted by molar-refractivity contribution is 6.31. The maximum absolute atomic E-state index is 13.2. The molecule has 0 aliphatic carbocycles. The highest BCUT2D eigenvalue weighted by atomic mass is 35.5. The van der Waals surface area contributed by atoms with Gasteiger partial charge in [-0.3, -0.25) is 4.79 Å². The minimum atomic E-state index is -0.424. The Morgan fingerprint density at radius 2 is 1.96 bits per heavy atom. The van der Waals surface area contributed by atoms with Gasteiger partial charge in [0.1, 0.15) is 17.3 Å². The summed E-state index contributed by atoms with van der Waals surface area (Å²) in [7, 11) is 1.56. The first-order valence-corrected chi connectivity index (χ1v) is 8.48. The van der Waals surface area contributed by atoms with Crippen LogP contribution >= 0.6 is 11.6 Å². The van der Waals surface area contributed by atoms with Gasteiger partial charge in [-0.1, -0.05) is 17.7 Å². The molecule has 0 fully saturated rings. The van der Waals surface area contributed by atoms with Crippen molar-refractivity contribution in [2.75, 3.05) is 17.7 Å². The number of rotatable bonds is 5. The lowest BCUT2D eigenvalue weighted by molar-refractivity contribution is 0.102. The molecule has 7 heteroatoms. The molecular formula is C20H17ClFN3O2. The third-order valence-electron chi connectivity index (χ3n) is 3.84. The molecule has 3 rings (SSSR count). The third kappa shape index (κ3) is 4.54. The molecular weight excluding hydrogens is 369 g/mol. The van der Waals surface area contributed by atoms with E-state index in [2.05, 4.69) is 15.6 Å². The van der Waals surface area contributed by atoms with Gasteiger partial charge in [-0.25, -0.2) is 9.37 Å². The number of halogens is 2. The molecule has 0 aliphatic heterocycles. The molecule has 1 amide bonds. The highest BCUT2D eigenvalue weighted by Gasteiger charge is 2.10. The number of benzene rings is 2. The van der Waals surface area contributed by atoms with Gasteiger partial charge in [0.15, 0.2) is 0 Å². The SMILES string of the molecule is COc1cc(Cl)c(C)cc1Nc1ccc(C(=O)Nc2cccc(F)c2)nc1. The standard InChI is InChI=1S/C20H17ClFN3O2/c1-12-8-18(19(27-2)10-16(12)21)24-15-6-7-17(23-11-15)20(26)25-14-5-3-4-13(22)9-14/h3-11,24H,1-2H3,(H,25,26). The fraction of sp³-hybridized carbons (Fsp3) is 0.100. The Morgan fingerprint density at radius 3 is 2.63 bits per heavy atom. The fourth-order valence-electron chi connectivity index (χ4n) is 2.45. The predicted molar refractivity (Wildman–Crippen MR) is 105 cm³/mol.